The molecule has 0 fully saturated rings. The minimum Gasteiger partial charge on any atom is -0.464 e. The molecule has 4 heterocycles. The van der Waals surface area contributed by atoms with Crippen LogP contribution in [0.1, 0.15) is 33.8 Å². The Balaban J connectivity index is 1.71. The number of nitrogen functional groups attached to an aromatic ring is 1. The van der Waals surface area contributed by atoms with Crippen molar-refractivity contribution in [2.45, 2.75) is 25.7 Å². The summed E-state index contributed by atoms with van der Waals surface area (Å²) in [5, 5.41) is 6.00. The molecule has 6 nitrogen and oxygen atoms in total. The van der Waals surface area contributed by atoms with Crippen molar-refractivity contribution in [2.75, 3.05) is 11.1 Å². The fourth-order valence-corrected chi connectivity index (χ4v) is 5.15. The Kier molecular flexibility index (Phi) is 3.95. The molecule has 1 aliphatic carbocycles. The molecular formula is C19H16N4O2S2. The van der Waals surface area contributed by atoms with E-state index in [9.17, 15) is 4.79 Å². The molecule has 4 aromatic rings. The smallest absolute Gasteiger partial charge is 0.269 e. The van der Waals surface area contributed by atoms with E-state index in [1.54, 1.807) is 12.5 Å². The van der Waals surface area contributed by atoms with Crippen LogP contribution in [-0.2, 0) is 12.8 Å². The number of nitrogens with zero attached hydrogens (tertiary/aromatic N) is 2. The lowest BCUT2D eigenvalue weighted by Gasteiger charge is -2.18. The summed E-state index contributed by atoms with van der Waals surface area (Å²) in [6.07, 6.45) is 7.45. The zero-order valence-corrected chi connectivity index (χ0v) is 16.0. The number of hydrogen-bond acceptors (Lipinski definition) is 7. The lowest BCUT2D eigenvalue weighted by molar-refractivity contribution is 0.103. The maximum atomic E-state index is 12.8. The lowest BCUT2D eigenvalue weighted by Crippen LogP contribution is -2.11. The van der Waals surface area contributed by atoms with Crippen LogP contribution in [0.5, 0.6) is 0 Å². The van der Waals surface area contributed by atoms with Crippen LogP contribution >= 0.6 is 22.7 Å². The average molecular weight is 396 g/mol. The van der Waals surface area contributed by atoms with Crippen molar-refractivity contribution in [2.24, 2.45) is 0 Å². The number of thiazole rings is 1. The third-order valence-electron chi connectivity index (χ3n) is 4.78. The molecule has 136 valence electrons. The molecule has 1 amide bonds. The van der Waals surface area contributed by atoms with E-state index in [4.69, 9.17) is 15.1 Å². The maximum absolute atomic E-state index is 12.8. The van der Waals surface area contributed by atoms with Gasteiger partial charge in [0, 0.05) is 28.2 Å². The normalized spacial score (nSPS) is 13.6. The topological polar surface area (TPSA) is 94.0 Å². The SMILES string of the molecule is Nc1c(C(=O)Nc2nccs2)sc2nc3c(c(-c4ccco4)c12)CCCC3. The predicted octanol–water partition coefficient (Wildman–Crippen LogP) is 4.73. The lowest BCUT2D eigenvalue weighted by atomic mass is 9.89. The number of carbonyl (C=O) groups excluding carboxylic acids is 1. The molecule has 1 aliphatic rings. The number of furan rings is 1. The van der Waals surface area contributed by atoms with Crippen molar-refractivity contribution in [3.8, 4) is 11.3 Å². The quantitative estimate of drug-likeness (QED) is 0.522. The molecule has 0 radical (unpaired) electrons. The molecule has 3 N–H and O–H groups in total. The van der Waals surface area contributed by atoms with Gasteiger partial charge in [0.25, 0.3) is 5.91 Å². The van der Waals surface area contributed by atoms with E-state index in [1.807, 2.05) is 17.5 Å². The van der Waals surface area contributed by atoms with Crippen molar-refractivity contribution in [3.63, 3.8) is 0 Å². The first-order valence-electron chi connectivity index (χ1n) is 8.71. The predicted molar refractivity (Wildman–Crippen MR) is 108 cm³/mol. The zero-order chi connectivity index (χ0) is 18.4. The van der Waals surface area contributed by atoms with Crippen molar-refractivity contribution in [1.29, 1.82) is 0 Å². The van der Waals surface area contributed by atoms with Crippen molar-refractivity contribution >= 4 is 49.6 Å². The standard InChI is InChI=1S/C19H16N4O2S2/c20-15-14-13(12-6-3-8-25-12)10-4-1-2-5-11(10)22-18(14)27-16(15)17(24)23-19-21-7-9-26-19/h3,6-9H,1-2,4-5,20H2,(H,21,23,24). The van der Waals surface area contributed by atoms with Gasteiger partial charge in [0.2, 0.25) is 0 Å². The summed E-state index contributed by atoms with van der Waals surface area (Å²) >= 11 is 2.70. The second kappa shape index (κ2) is 6.47. The van der Waals surface area contributed by atoms with Crippen LogP contribution in [0.2, 0.25) is 0 Å². The Morgan fingerprint density at radius 2 is 2.19 bits per heavy atom. The number of nitrogens with two attached hydrogens (primary N) is 1. The minimum atomic E-state index is -0.256. The number of aryl methyl sites for hydroxylation is 1. The Hall–Kier alpha value is -2.71. The highest BCUT2D eigenvalue weighted by molar-refractivity contribution is 7.21. The van der Waals surface area contributed by atoms with E-state index < -0.39 is 0 Å². The van der Waals surface area contributed by atoms with E-state index in [0.29, 0.717) is 15.7 Å². The van der Waals surface area contributed by atoms with Gasteiger partial charge in [-0.2, -0.15) is 0 Å². The van der Waals surface area contributed by atoms with Gasteiger partial charge in [-0.1, -0.05) is 0 Å². The van der Waals surface area contributed by atoms with E-state index in [-0.39, 0.29) is 5.91 Å². The largest absolute Gasteiger partial charge is 0.464 e. The van der Waals surface area contributed by atoms with Crippen LogP contribution in [0.25, 0.3) is 21.5 Å². The first-order valence-corrected chi connectivity index (χ1v) is 10.4. The molecular weight excluding hydrogens is 380 g/mol. The number of anilines is 2. The van der Waals surface area contributed by atoms with Crippen LogP contribution in [0.3, 0.4) is 0 Å². The van der Waals surface area contributed by atoms with Crippen LogP contribution in [-0.4, -0.2) is 15.9 Å². The second-order valence-corrected chi connectivity index (χ2v) is 8.31. The van der Waals surface area contributed by atoms with Gasteiger partial charge in [0.15, 0.2) is 5.13 Å². The Morgan fingerprint density at radius 1 is 1.30 bits per heavy atom. The number of fused-ring (bicyclic) bond motifs is 2. The molecule has 0 spiro atoms. The highest BCUT2D eigenvalue weighted by Crippen LogP contribution is 2.44. The minimum absolute atomic E-state index is 0.256. The molecule has 0 atom stereocenters. The summed E-state index contributed by atoms with van der Waals surface area (Å²) in [5.74, 6) is 0.519. The average Bonchev–Trinajstić information content (AvgIpc) is 3.42. The van der Waals surface area contributed by atoms with Crippen LogP contribution in [0.15, 0.2) is 34.4 Å². The maximum Gasteiger partial charge on any atom is 0.269 e. The van der Waals surface area contributed by atoms with Gasteiger partial charge in [-0.15, -0.1) is 22.7 Å². The van der Waals surface area contributed by atoms with Crippen molar-refractivity contribution < 1.29 is 9.21 Å². The van der Waals surface area contributed by atoms with Gasteiger partial charge in [-0.05, 0) is 43.4 Å². The molecule has 0 aromatic carbocycles. The number of rotatable bonds is 3. The molecule has 0 bridgehead atoms. The molecule has 5 rings (SSSR count). The van der Waals surface area contributed by atoms with Gasteiger partial charge in [-0.3, -0.25) is 10.1 Å². The number of thiophene rings is 1. The second-order valence-electron chi connectivity index (χ2n) is 6.41. The molecule has 0 saturated carbocycles. The summed E-state index contributed by atoms with van der Waals surface area (Å²) in [7, 11) is 0. The van der Waals surface area contributed by atoms with Gasteiger partial charge < -0.3 is 10.2 Å². The van der Waals surface area contributed by atoms with E-state index in [0.717, 1.165) is 52.9 Å². The number of pyridine rings is 1. The Morgan fingerprint density at radius 3 is 2.96 bits per heavy atom. The Labute approximate surface area is 163 Å². The fourth-order valence-electron chi connectivity index (χ4n) is 3.61. The highest BCUT2D eigenvalue weighted by atomic mass is 32.1. The summed E-state index contributed by atoms with van der Waals surface area (Å²) < 4.78 is 5.72. The number of aromatic nitrogens is 2. The molecule has 27 heavy (non-hydrogen) atoms. The fraction of sp³-hybridized carbons (Fsp3) is 0.211. The first kappa shape index (κ1) is 16.5. The highest BCUT2D eigenvalue weighted by Gasteiger charge is 2.27. The third kappa shape index (κ3) is 2.72. The summed E-state index contributed by atoms with van der Waals surface area (Å²) in [4.78, 5) is 23.0. The number of amides is 1. The summed E-state index contributed by atoms with van der Waals surface area (Å²) in [5.41, 5.74) is 10.2. The van der Waals surface area contributed by atoms with Crippen molar-refractivity contribution in [1.82, 2.24) is 9.97 Å². The van der Waals surface area contributed by atoms with Crippen molar-refractivity contribution in [3.05, 3.63) is 46.1 Å². The number of carbonyl (C=O) groups is 1. The van der Waals surface area contributed by atoms with Gasteiger partial charge in [0.1, 0.15) is 15.5 Å². The molecule has 8 heteroatoms. The molecule has 0 aliphatic heterocycles. The first-order chi connectivity index (χ1) is 13.2. The van der Waals surface area contributed by atoms with Gasteiger partial charge in [-0.25, -0.2) is 9.97 Å². The zero-order valence-electron chi connectivity index (χ0n) is 14.3. The monoisotopic (exact) mass is 396 g/mol. The molecule has 0 saturated heterocycles. The number of hydrogen-bond donors (Lipinski definition) is 2. The van der Waals surface area contributed by atoms with E-state index in [2.05, 4.69) is 10.3 Å². The third-order valence-corrected chi connectivity index (χ3v) is 6.57. The molecule has 0 unspecified atom stereocenters. The van der Waals surface area contributed by atoms with E-state index >= 15 is 0 Å². The van der Waals surface area contributed by atoms with Gasteiger partial charge >= 0.3 is 0 Å². The van der Waals surface area contributed by atoms with E-state index in [1.165, 1.54) is 28.2 Å². The molecule has 4 aromatic heterocycles. The van der Waals surface area contributed by atoms with Crippen LogP contribution in [0, 0.1) is 0 Å². The van der Waals surface area contributed by atoms with Crippen LogP contribution in [0.4, 0.5) is 10.8 Å². The summed E-state index contributed by atoms with van der Waals surface area (Å²) in [6, 6.07) is 3.81. The Bertz CT molecular complexity index is 1130. The number of nitrogens with one attached hydrogen (secondary N) is 1. The summed E-state index contributed by atoms with van der Waals surface area (Å²) in [6.45, 7) is 0. The van der Waals surface area contributed by atoms with Gasteiger partial charge in [0.05, 0.1) is 12.0 Å². The van der Waals surface area contributed by atoms with Crippen LogP contribution < -0.4 is 11.1 Å².